The lowest BCUT2D eigenvalue weighted by molar-refractivity contribution is 0.317. The number of hydrogen-bond acceptors (Lipinski definition) is 1. The zero-order valence-corrected chi connectivity index (χ0v) is 12.3. The van der Waals surface area contributed by atoms with E-state index in [1.165, 1.54) is 38.2 Å². The Bertz CT molecular complexity index is 380. The van der Waals surface area contributed by atoms with Crippen molar-refractivity contribution < 1.29 is 4.39 Å². The van der Waals surface area contributed by atoms with E-state index in [0.717, 1.165) is 15.2 Å². The number of nitrogens with one attached hydrogen (secondary N) is 1. The van der Waals surface area contributed by atoms with Gasteiger partial charge in [0.15, 0.2) is 0 Å². The molecule has 3 heteroatoms. The van der Waals surface area contributed by atoms with Crippen LogP contribution in [0.1, 0.15) is 39.0 Å². The van der Waals surface area contributed by atoms with E-state index in [0.29, 0.717) is 6.04 Å². The van der Waals surface area contributed by atoms with Crippen molar-refractivity contribution in [3.63, 3.8) is 0 Å². The SMILES string of the molecule is CCC1CCCCC1Nc1ccc(F)cc1I. The van der Waals surface area contributed by atoms with Crippen LogP contribution in [0, 0.1) is 15.3 Å². The second-order valence-corrected chi connectivity index (χ2v) is 5.99. The minimum atomic E-state index is -0.157. The highest BCUT2D eigenvalue weighted by atomic mass is 127. The Kier molecular flexibility index (Phi) is 4.65. The van der Waals surface area contributed by atoms with Gasteiger partial charge in [0, 0.05) is 15.3 Å². The normalized spacial score (nSPS) is 24.6. The zero-order chi connectivity index (χ0) is 12.3. The van der Waals surface area contributed by atoms with E-state index in [-0.39, 0.29) is 5.82 Å². The minimum Gasteiger partial charge on any atom is -0.381 e. The van der Waals surface area contributed by atoms with Crippen molar-refractivity contribution in [2.45, 2.75) is 45.1 Å². The number of benzene rings is 1. The van der Waals surface area contributed by atoms with Gasteiger partial charge in [0.25, 0.3) is 0 Å². The number of anilines is 1. The van der Waals surface area contributed by atoms with Crippen LogP contribution in [0.25, 0.3) is 0 Å². The summed E-state index contributed by atoms with van der Waals surface area (Å²) in [4.78, 5) is 0. The standard InChI is InChI=1S/C14H19FIN/c1-2-10-5-3-4-6-13(10)17-14-8-7-11(15)9-12(14)16/h7-10,13,17H,2-6H2,1H3. The van der Waals surface area contributed by atoms with Gasteiger partial charge in [0.1, 0.15) is 5.82 Å². The quantitative estimate of drug-likeness (QED) is 0.774. The third-order valence-electron chi connectivity index (χ3n) is 3.71. The second kappa shape index (κ2) is 6.03. The van der Waals surface area contributed by atoms with Crippen LogP contribution < -0.4 is 5.32 Å². The summed E-state index contributed by atoms with van der Waals surface area (Å²) >= 11 is 2.20. The monoisotopic (exact) mass is 347 g/mol. The lowest BCUT2D eigenvalue weighted by Crippen LogP contribution is -2.32. The first-order chi connectivity index (χ1) is 8.20. The zero-order valence-electron chi connectivity index (χ0n) is 10.2. The highest BCUT2D eigenvalue weighted by Gasteiger charge is 2.23. The summed E-state index contributed by atoms with van der Waals surface area (Å²) < 4.78 is 14.0. The molecule has 0 aliphatic heterocycles. The first-order valence-electron chi connectivity index (χ1n) is 6.42. The predicted octanol–water partition coefficient (Wildman–Crippen LogP) is 4.81. The van der Waals surface area contributed by atoms with Crippen LogP contribution in [0.15, 0.2) is 18.2 Å². The molecule has 1 fully saturated rings. The molecule has 17 heavy (non-hydrogen) atoms. The maximum atomic E-state index is 13.0. The molecule has 1 aliphatic carbocycles. The summed E-state index contributed by atoms with van der Waals surface area (Å²) in [5, 5.41) is 3.60. The van der Waals surface area contributed by atoms with Gasteiger partial charge in [-0.05, 0) is 59.5 Å². The molecule has 0 spiro atoms. The molecule has 1 N–H and O–H groups in total. The molecule has 0 bridgehead atoms. The van der Waals surface area contributed by atoms with Crippen LogP contribution >= 0.6 is 22.6 Å². The summed E-state index contributed by atoms with van der Waals surface area (Å²) in [7, 11) is 0. The topological polar surface area (TPSA) is 12.0 Å². The van der Waals surface area contributed by atoms with Crippen LogP contribution in [0.5, 0.6) is 0 Å². The first kappa shape index (κ1) is 13.1. The molecule has 0 saturated heterocycles. The van der Waals surface area contributed by atoms with Crippen molar-refractivity contribution in [1.82, 2.24) is 0 Å². The highest BCUT2D eigenvalue weighted by molar-refractivity contribution is 14.1. The van der Waals surface area contributed by atoms with E-state index in [4.69, 9.17) is 0 Å². The van der Waals surface area contributed by atoms with Crippen molar-refractivity contribution in [1.29, 1.82) is 0 Å². The molecular weight excluding hydrogens is 328 g/mol. The van der Waals surface area contributed by atoms with Gasteiger partial charge in [0.05, 0.1) is 0 Å². The minimum absolute atomic E-state index is 0.157. The molecule has 1 aliphatic rings. The fourth-order valence-corrected chi connectivity index (χ4v) is 3.33. The second-order valence-electron chi connectivity index (χ2n) is 4.83. The molecule has 94 valence electrons. The largest absolute Gasteiger partial charge is 0.381 e. The number of halogens is 2. The van der Waals surface area contributed by atoms with Crippen molar-refractivity contribution >= 4 is 28.3 Å². The summed E-state index contributed by atoms with van der Waals surface area (Å²) in [6.45, 7) is 2.26. The van der Waals surface area contributed by atoms with Gasteiger partial charge in [-0.2, -0.15) is 0 Å². The average Bonchev–Trinajstić information content (AvgIpc) is 2.33. The molecule has 0 heterocycles. The van der Waals surface area contributed by atoms with Crippen LogP contribution in [0.3, 0.4) is 0 Å². The Labute approximate surface area is 116 Å². The fourth-order valence-electron chi connectivity index (χ4n) is 2.69. The van der Waals surface area contributed by atoms with E-state index in [1.807, 2.05) is 6.07 Å². The van der Waals surface area contributed by atoms with Gasteiger partial charge in [-0.3, -0.25) is 0 Å². The smallest absolute Gasteiger partial charge is 0.124 e. The first-order valence-corrected chi connectivity index (χ1v) is 7.50. The lowest BCUT2D eigenvalue weighted by atomic mass is 9.83. The Morgan fingerprint density at radius 1 is 1.35 bits per heavy atom. The number of hydrogen-bond donors (Lipinski definition) is 1. The van der Waals surface area contributed by atoms with Crippen LogP contribution in [0.4, 0.5) is 10.1 Å². The summed E-state index contributed by atoms with van der Waals surface area (Å²) in [6, 6.07) is 5.55. The molecule has 1 saturated carbocycles. The summed E-state index contributed by atoms with van der Waals surface area (Å²) in [5.74, 6) is 0.611. The van der Waals surface area contributed by atoms with E-state index in [1.54, 1.807) is 6.07 Å². The van der Waals surface area contributed by atoms with Crippen molar-refractivity contribution in [3.8, 4) is 0 Å². The third kappa shape index (κ3) is 3.33. The van der Waals surface area contributed by atoms with Crippen LogP contribution in [-0.2, 0) is 0 Å². The maximum Gasteiger partial charge on any atom is 0.124 e. The lowest BCUT2D eigenvalue weighted by Gasteiger charge is -2.32. The Morgan fingerprint density at radius 3 is 2.82 bits per heavy atom. The van der Waals surface area contributed by atoms with Crippen LogP contribution in [0.2, 0.25) is 0 Å². The van der Waals surface area contributed by atoms with Gasteiger partial charge in [-0.25, -0.2) is 4.39 Å². The molecule has 1 aromatic rings. The van der Waals surface area contributed by atoms with E-state index < -0.39 is 0 Å². The van der Waals surface area contributed by atoms with Gasteiger partial charge in [-0.15, -0.1) is 0 Å². The molecule has 0 aromatic heterocycles. The van der Waals surface area contributed by atoms with Gasteiger partial charge >= 0.3 is 0 Å². The molecule has 2 unspecified atom stereocenters. The van der Waals surface area contributed by atoms with E-state index in [9.17, 15) is 4.39 Å². The van der Waals surface area contributed by atoms with Crippen LogP contribution in [-0.4, -0.2) is 6.04 Å². The van der Waals surface area contributed by atoms with Crippen molar-refractivity contribution in [3.05, 3.63) is 27.6 Å². The average molecular weight is 347 g/mol. The molecule has 1 aromatic carbocycles. The van der Waals surface area contributed by atoms with Gasteiger partial charge in [-0.1, -0.05) is 26.2 Å². The Balaban J connectivity index is 2.08. The highest BCUT2D eigenvalue weighted by Crippen LogP contribution is 2.30. The van der Waals surface area contributed by atoms with Crippen molar-refractivity contribution in [2.75, 3.05) is 5.32 Å². The maximum absolute atomic E-state index is 13.0. The molecule has 2 atom stereocenters. The van der Waals surface area contributed by atoms with Gasteiger partial charge < -0.3 is 5.32 Å². The Hall–Kier alpha value is -0.320. The Morgan fingerprint density at radius 2 is 2.12 bits per heavy atom. The predicted molar refractivity (Wildman–Crippen MR) is 78.8 cm³/mol. The van der Waals surface area contributed by atoms with E-state index in [2.05, 4.69) is 34.8 Å². The summed E-state index contributed by atoms with van der Waals surface area (Å²) in [5.41, 5.74) is 1.08. The van der Waals surface area contributed by atoms with Crippen molar-refractivity contribution in [2.24, 2.45) is 5.92 Å². The van der Waals surface area contributed by atoms with E-state index >= 15 is 0 Å². The van der Waals surface area contributed by atoms with Gasteiger partial charge in [0.2, 0.25) is 0 Å². The molecule has 0 amide bonds. The summed E-state index contributed by atoms with van der Waals surface area (Å²) in [6.07, 6.45) is 6.47. The number of rotatable bonds is 3. The third-order valence-corrected chi connectivity index (χ3v) is 4.60. The fraction of sp³-hybridized carbons (Fsp3) is 0.571. The molecule has 1 nitrogen and oxygen atoms in total. The molecule has 2 rings (SSSR count). The molecule has 0 radical (unpaired) electrons. The molecular formula is C14H19FIN.